The standard InChI is InChI=1S/C15H12ClO2/c1-2-18-15(17)13-10-12(8-9-14(13)16)11-6-4-3-5-7-11/h4-10H,2H2,1H3. The van der Waals surface area contributed by atoms with Crippen LogP contribution in [-0.4, -0.2) is 12.6 Å². The number of hydrogen-bond acceptors (Lipinski definition) is 2. The molecule has 0 fully saturated rings. The van der Waals surface area contributed by atoms with E-state index in [9.17, 15) is 4.79 Å². The van der Waals surface area contributed by atoms with Crippen LogP contribution < -0.4 is 0 Å². The molecular formula is C15H12ClO2. The third-order valence-corrected chi connectivity index (χ3v) is 2.84. The highest BCUT2D eigenvalue weighted by atomic mass is 35.5. The fraction of sp³-hybridized carbons (Fsp3) is 0.133. The first-order valence-electron chi connectivity index (χ1n) is 5.65. The molecular weight excluding hydrogens is 248 g/mol. The van der Waals surface area contributed by atoms with E-state index in [4.69, 9.17) is 16.3 Å². The van der Waals surface area contributed by atoms with Crippen LogP contribution >= 0.6 is 11.6 Å². The Morgan fingerprint density at radius 1 is 1.22 bits per heavy atom. The first-order chi connectivity index (χ1) is 8.72. The highest BCUT2D eigenvalue weighted by Crippen LogP contribution is 2.25. The highest BCUT2D eigenvalue weighted by Gasteiger charge is 2.12. The van der Waals surface area contributed by atoms with Crippen LogP contribution in [0.25, 0.3) is 11.1 Å². The van der Waals surface area contributed by atoms with Crippen LogP contribution in [0, 0.1) is 6.07 Å². The molecule has 18 heavy (non-hydrogen) atoms. The minimum absolute atomic E-state index is 0.333. The average molecular weight is 260 g/mol. The number of benzene rings is 2. The van der Waals surface area contributed by atoms with Gasteiger partial charge in [-0.05, 0) is 36.2 Å². The smallest absolute Gasteiger partial charge is 0.339 e. The number of carbonyl (C=O) groups is 1. The monoisotopic (exact) mass is 259 g/mol. The van der Waals surface area contributed by atoms with Crippen LogP contribution in [-0.2, 0) is 4.74 Å². The normalized spacial score (nSPS) is 10.1. The summed E-state index contributed by atoms with van der Waals surface area (Å²) in [5.41, 5.74) is 2.33. The third kappa shape index (κ3) is 2.71. The first kappa shape index (κ1) is 12.7. The minimum atomic E-state index is -0.396. The Bertz CT molecular complexity index is 550. The molecule has 2 aromatic rings. The topological polar surface area (TPSA) is 26.3 Å². The number of rotatable bonds is 3. The Balaban J connectivity index is 2.41. The fourth-order valence-electron chi connectivity index (χ4n) is 1.65. The van der Waals surface area contributed by atoms with Crippen molar-refractivity contribution in [2.24, 2.45) is 0 Å². The van der Waals surface area contributed by atoms with Crippen LogP contribution in [0.2, 0.25) is 5.02 Å². The molecule has 0 unspecified atom stereocenters. The van der Waals surface area contributed by atoms with Crippen LogP contribution in [0.15, 0.2) is 42.5 Å². The predicted molar refractivity (Wildman–Crippen MR) is 71.7 cm³/mol. The summed E-state index contributed by atoms with van der Waals surface area (Å²) in [5.74, 6) is -0.396. The lowest BCUT2D eigenvalue weighted by Gasteiger charge is -2.07. The van der Waals surface area contributed by atoms with Crippen molar-refractivity contribution in [1.29, 1.82) is 0 Å². The van der Waals surface area contributed by atoms with E-state index in [1.54, 1.807) is 19.1 Å². The Morgan fingerprint density at radius 2 is 1.94 bits per heavy atom. The van der Waals surface area contributed by atoms with Gasteiger partial charge in [0.25, 0.3) is 0 Å². The summed E-state index contributed by atoms with van der Waals surface area (Å²) in [6.07, 6.45) is 0. The Kier molecular flexibility index (Phi) is 4.00. The zero-order valence-corrected chi connectivity index (χ0v) is 10.7. The Morgan fingerprint density at radius 3 is 2.61 bits per heavy atom. The maximum Gasteiger partial charge on any atom is 0.339 e. The SMILES string of the molecule is CCOC(=O)c1cc(-c2cc[c]cc2)ccc1Cl. The van der Waals surface area contributed by atoms with Gasteiger partial charge < -0.3 is 4.74 Å². The van der Waals surface area contributed by atoms with E-state index in [0.29, 0.717) is 17.2 Å². The maximum absolute atomic E-state index is 11.7. The molecule has 3 heteroatoms. The lowest BCUT2D eigenvalue weighted by Crippen LogP contribution is -2.05. The molecule has 0 N–H and O–H groups in total. The molecule has 0 bridgehead atoms. The van der Waals surface area contributed by atoms with E-state index in [-0.39, 0.29) is 0 Å². The Labute approximate surface area is 111 Å². The van der Waals surface area contributed by atoms with Gasteiger partial charge in [-0.15, -0.1) is 0 Å². The summed E-state index contributed by atoms with van der Waals surface area (Å²) in [4.78, 5) is 11.7. The van der Waals surface area contributed by atoms with E-state index in [0.717, 1.165) is 11.1 Å². The molecule has 0 aliphatic heterocycles. The minimum Gasteiger partial charge on any atom is -0.462 e. The second kappa shape index (κ2) is 5.69. The zero-order chi connectivity index (χ0) is 13.0. The molecule has 2 rings (SSSR count). The molecule has 91 valence electrons. The van der Waals surface area contributed by atoms with Crippen LogP contribution in [0.5, 0.6) is 0 Å². The van der Waals surface area contributed by atoms with E-state index in [1.807, 2.05) is 30.3 Å². The Hall–Kier alpha value is -1.80. The average Bonchev–Trinajstić information content (AvgIpc) is 2.40. The van der Waals surface area contributed by atoms with E-state index in [2.05, 4.69) is 6.07 Å². The fourth-order valence-corrected chi connectivity index (χ4v) is 1.84. The molecule has 0 aromatic heterocycles. The van der Waals surface area contributed by atoms with Gasteiger partial charge in [-0.25, -0.2) is 4.79 Å². The number of ether oxygens (including phenoxy) is 1. The summed E-state index contributed by atoms with van der Waals surface area (Å²) >= 11 is 6.01. The van der Waals surface area contributed by atoms with Gasteiger partial charge in [0.15, 0.2) is 0 Å². The molecule has 0 heterocycles. The molecule has 0 amide bonds. The second-order valence-corrected chi connectivity index (χ2v) is 4.11. The zero-order valence-electron chi connectivity index (χ0n) is 9.94. The third-order valence-electron chi connectivity index (χ3n) is 2.51. The molecule has 1 radical (unpaired) electrons. The molecule has 2 nitrogen and oxygen atoms in total. The molecule has 0 saturated carbocycles. The van der Waals surface area contributed by atoms with E-state index < -0.39 is 5.97 Å². The van der Waals surface area contributed by atoms with Crippen LogP contribution in [0.4, 0.5) is 0 Å². The lowest BCUT2D eigenvalue weighted by molar-refractivity contribution is 0.0526. The second-order valence-electron chi connectivity index (χ2n) is 3.70. The van der Waals surface area contributed by atoms with Gasteiger partial charge in [0.05, 0.1) is 17.2 Å². The van der Waals surface area contributed by atoms with Crippen LogP contribution in [0.1, 0.15) is 17.3 Å². The van der Waals surface area contributed by atoms with Gasteiger partial charge in [0.2, 0.25) is 0 Å². The van der Waals surface area contributed by atoms with Crippen LogP contribution in [0.3, 0.4) is 0 Å². The summed E-state index contributed by atoms with van der Waals surface area (Å²) in [6, 6.07) is 15.8. The van der Waals surface area contributed by atoms with Crippen molar-refractivity contribution in [2.75, 3.05) is 6.61 Å². The molecule has 0 saturated heterocycles. The van der Waals surface area contributed by atoms with Gasteiger partial charge in [0.1, 0.15) is 0 Å². The van der Waals surface area contributed by atoms with Crippen molar-refractivity contribution < 1.29 is 9.53 Å². The van der Waals surface area contributed by atoms with Crippen molar-refractivity contribution in [1.82, 2.24) is 0 Å². The van der Waals surface area contributed by atoms with Crippen molar-refractivity contribution >= 4 is 17.6 Å². The first-order valence-corrected chi connectivity index (χ1v) is 6.03. The summed E-state index contributed by atoms with van der Waals surface area (Å²) in [6.45, 7) is 2.10. The van der Waals surface area contributed by atoms with Crippen molar-refractivity contribution in [3.8, 4) is 11.1 Å². The number of hydrogen-bond donors (Lipinski definition) is 0. The highest BCUT2D eigenvalue weighted by molar-refractivity contribution is 6.33. The predicted octanol–water partition coefficient (Wildman–Crippen LogP) is 3.98. The van der Waals surface area contributed by atoms with Gasteiger partial charge in [-0.3, -0.25) is 0 Å². The molecule has 0 aliphatic rings. The van der Waals surface area contributed by atoms with Crippen molar-refractivity contribution in [2.45, 2.75) is 6.92 Å². The molecule has 0 spiro atoms. The van der Waals surface area contributed by atoms with Gasteiger partial charge in [0, 0.05) is 0 Å². The van der Waals surface area contributed by atoms with Crippen molar-refractivity contribution in [3.05, 3.63) is 59.1 Å². The largest absolute Gasteiger partial charge is 0.462 e. The number of carbonyl (C=O) groups excluding carboxylic acids is 1. The molecule has 0 aliphatic carbocycles. The maximum atomic E-state index is 11.7. The number of esters is 1. The molecule has 0 atom stereocenters. The van der Waals surface area contributed by atoms with E-state index >= 15 is 0 Å². The van der Waals surface area contributed by atoms with Gasteiger partial charge >= 0.3 is 5.97 Å². The number of halogens is 1. The van der Waals surface area contributed by atoms with Gasteiger partial charge in [-0.1, -0.05) is 41.9 Å². The van der Waals surface area contributed by atoms with Crippen molar-refractivity contribution in [3.63, 3.8) is 0 Å². The quantitative estimate of drug-likeness (QED) is 0.780. The summed E-state index contributed by atoms with van der Waals surface area (Å²) in [7, 11) is 0. The summed E-state index contributed by atoms with van der Waals surface area (Å²) in [5, 5.41) is 0.402. The lowest BCUT2D eigenvalue weighted by atomic mass is 10.0. The van der Waals surface area contributed by atoms with Gasteiger partial charge in [-0.2, -0.15) is 0 Å². The van der Waals surface area contributed by atoms with E-state index in [1.165, 1.54) is 0 Å². The summed E-state index contributed by atoms with van der Waals surface area (Å²) < 4.78 is 4.97. The molecule has 2 aromatic carbocycles.